The quantitative estimate of drug-likeness (QED) is 0.821. The predicted molar refractivity (Wildman–Crippen MR) is 65.1 cm³/mol. The molecule has 5 heteroatoms. The number of carbonyl (C=O) groups excluding carboxylic acids is 1. The van der Waals surface area contributed by atoms with Gasteiger partial charge in [-0.2, -0.15) is 0 Å². The van der Waals surface area contributed by atoms with Crippen LogP contribution in [0.2, 0.25) is 0 Å². The van der Waals surface area contributed by atoms with Gasteiger partial charge in [0.15, 0.2) is 0 Å². The molecule has 2 atom stereocenters. The minimum absolute atomic E-state index is 0.00423. The van der Waals surface area contributed by atoms with Crippen molar-refractivity contribution >= 4 is 11.9 Å². The second kappa shape index (κ2) is 6.18. The first-order valence-corrected chi connectivity index (χ1v) is 6.78. The molecule has 1 N–H and O–H groups in total. The maximum absolute atomic E-state index is 12.4. The van der Waals surface area contributed by atoms with Gasteiger partial charge < -0.3 is 14.7 Å². The lowest BCUT2D eigenvalue weighted by atomic mass is 9.95. The van der Waals surface area contributed by atoms with E-state index in [1.807, 2.05) is 4.90 Å². The molecule has 2 aliphatic heterocycles. The summed E-state index contributed by atoms with van der Waals surface area (Å²) in [4.78, 5) is 24.9. The molecule has 2 aliphatic rings. The standard InChI is InChI=1S/C13H21NO4/c15-12(16)5-4-11-3-1-2-7-14(11)13(17)10-6-8-18-9-10/h10-11H,1-9H2,(H,15,16). The van der Waals surface area contributed by atoms with Gasteiger partial charge in [0.2, 0.25) is 5.91 Å². The fourth-order valence-corrected chi connectivity index (χ4v) is 2.84. The summed E-state index contributed by atoms with van der Waals surface area (Å²) < 4.78 is 5.26. The van der Waals surface area contributed by atoms with Crippen LogP contribution >= 0.6 is 0 Å². The number of rotatable bonds is 4. The second-order valence-corrected chi connectivity index (χ2v) is 5.17. The van der Waals surface area contributed by atoms with Gasteiger partial charge in [0.05, 0.1) is 12.5 Å². The maximum atomic E-state index is 12.4. The lowest BCUT2D eigenvalue weighted by Gasteiger charge is -2.37. The normalized spacial score (nSPS) is 28.3. The molecule has 0 spiro atoms. The van der Waals surface area contributed by atoms with Gasteiger partial charge in [-0.1, -0.05) is 0 Å². The summed E-state index contributed by atoms with van der Waals surface area (Å²) >= 11 is 0. The topological polar surface area (TPSA) is 66.8 Å². The summed E-state index contributed by atoms with van der Waals surface area (Å²) in [5, 5.41) is 8.76. The van der Waals surface area contributed by atoms with Gasteiger partial charge in [-0.05, 0) is 32.1 Å². The van der Waals surface area contributed by atoms with Crippen molar-refractivity contribution in [1.29, 1.82) is 0 Å². The van der Waals surface area contributed by atoms with Gasteiger partial charge in [0, 0.05) is 25.6 Å². The van der Waals surface area contributed by atoms with E-state index in [-0.39, 0.29) is 24.3 Å². The Morgan fingerprint density at radius 3 is 2.78 bits per heavy atom. The molecule has 102 valence electrons. The van der Waals surface area contributed by atoms with E-state index in [4.69, 9.17) is 9.84 Å². The number of likely N-dealkylation sites (tertiary alicyclic amines) is 1. The molecule has 2 fully saturated rings. The largest absolute Gasteiger partial charge is 0.481 e. The van der Waals surface area contributed by atoms with Crippen LogP contribution in [0.3, 0.4) is 0 Å². The van der Waals surface area contributed by atoms with E-state index in [0.717, 1.165) is 32.2 Å². The molecule has 1 amide bonds. The highest BCUT2D eigenvalue weighted by Crippen LogP contribution is 2.25. The van der Waals surface area contributed by atoms with Crippen LogP contribution in [0.1, 0.15) is 38.5 Å². The van der Waals surface area contributed by atoms with Crippen molar-refractivity contribution in [3.8, 4) is 0 Å². The Morgan fingerprint density at radius 1 is 1.28 bits per heavy atom. The number of carbonyl (C=O) groups is 2. The SMILES string of the molecule is O=C(O)CCC1CCCCN1C(=O)C1CCOC1. The second-order valence-electron chi connectivity index (χ2n) is 5.17. The summed E-state index contributed by atoms with van der Waals surface area (Å²) in [5.41, 5.74) is 0. The molecule has 0 aliphatic carbocycles. The van der Waals surface area contributed by atoms with Crippen molar-refractivity contribution in [1.82, 2.24) is 4.90 Å². The minimum atomic E-state index is -0.780. The number of amides is 1. The average Bonchev–Trinajstić information content (AvgIpc) is 2.89. The molecule has 0 aromatic rings. The number of aliphatic carboxylic acids is 1. The van der Waals surface area contributed by atoms with Gasteiger partial charge in [0.25, 0.3) is 0 Å². The summed E-state index contributed by atoms with van der Waals surface area (Å²) in [6.45, 7) is 1.98. The number of piperidine rings is 1. The van der Waals surface area contributed by atoms with Crippen LogP contribution in [0.5, 0.6) is 0 Å². The van der Waals surface area contributed by atoms with Crippen LogP contribution in [0.25, 0.3) is 0 Å². The smallest absolute Gasteiger partial charge is 0.303 e. The molecule has 2 heterocycles. The molecule has 0 bridgehead atoms. The number of hydrogen-bond donors (Lipinski definition) is 1. The third-order valence-corrected chi connectivity index (χ3v) is 3.88. The monoisotopic (exact) mass is 255 g/mol. The fraction of sp³-hybridized carbons (Fsp3) is 0.846. The first-order valence-electron chi connectivity index (χ1n) is 6.78. The van der Waals surface area contributed by atoms with Gasteiger partial charge in [-0.3, -0.25) is 9.59 Å². The molecule has 0 aromatic heterocycles. The zero-order chi connectivity index (χ0) is 13.0. The molecule has 18 heavy (non-hydrogen) atoms. The number of hydrogen-bond acceptors (Lipinski definition) is 3. The van der Waals surface area contributed by atoms with E-state index in [9.17, 15) is 9.59 Å². The van der Waals surface area contributed by atoms with Gasteiger partial charge in [-0.15, -0.1) is 0 Å². The van der Waals surface area contributed by atoms with E-state index in [2.05, 4.69) is 0 Å². The van der Waals surface area contributed by atoms with Gasteiger partial charge >= 0.3 is 5.97 Å². The van der Waals surface area contributed by atoms with Crippen LogP contribution < -0.4 is 0 Å². The molecule has 0 aromatic carbocycles. The van der Waals surface area contributed by atoms with Crippen molar-refractivity contribution in [3.05, 3.63) is 0 Å². The van der Waals surface area contributed by atoms with E-state index < -0.39 is 5.97 Å². The molecule has 2 saturated heterocycles. The van der Waals surface area contributed by atoms with E-state index >= 15 is 0 Å². The van der Waals surface area contributed by atoms with Crippen LogP contribution in [0, 0.1) is 5.92 Å². The average molecular weight is 255 g/mol. The Hall–Kier alpha value is -1.10. The highest BCUT2D eigenvalue weighted by Gasteiger charge is 2.33. The Bertz CT molecular complexity index is 312. The Morgan fingerprint density at radius 2 is 2.11 bits per heavy atom. The molecule has 0 saturated carbocycles. The first-order chi connectivity index (χ1) is 8.68. The Labute approximate surface area is 107 Å². The highest BCUT2D eigenvalue weighted by atomic mass is 16.5. The van der Waals surface area contributed by atoms with Crippen LogP contribution in [-0.4, -0.2) is 47.7 Å². The van der Waals surface area contributed by atoms with Gasteiger partial charge in [0.1, 0.15) is 0 Å². The third-order valence-electron chi connectivity index (χ3n) is 3.88. The number of nitrogens with zero attached hydrogens (tertiary/aromatic N) is 1. The van der Waals surface area contributed by atoms with Crippen LogP contribution in [-0.2, 0) is 14.3 Å². The maximum Gasteiger partial charge on any atom is 0.303 e. The first kappa shape index (κ1) is 13.3. The number of carboxylic acids is 1. The van der Waals surface area contributed by atoms with E-state index in [0.29, 0.717) is 19.6 Å². The van der Waals surface area contributed by atoms with Crippen molar-refractivity contribution in [2.75, 3.05) is 19.8 Å². The summed E-state index contributed by atoms with van der Waals surface area (Å²) in [6.07, 6.45) is 4.59. The molecular weight excluding hydrogens is 234 g/mol. The van der Waals surface area contributed by atoms with Crippen LogP contribution in [0.4, 0.5) is 0 Å². The lowest BCUT2D eigenvalue weighted by Crippen LogP contribution is -2.46. The molecule has 5 nitrogen and oxygen atoms in total. The van der Waals surface area contributed by atoms with Crippen molar-refractivity contribution in [2.24, 2.45) is 5.92 Å². The summed E-state index contributed by atoms with van der Waals surface area (Å²) in [6, 6.07) is 0.114. The fourth-order valence-electron chi connectivity index (χ4n) is 2.84. The number of carboxylic acid groups (broad SMARTS) is 1. The van der Waals surface area contributed by atoms with Crippen molar-refractivity contribution in [3.63, 3.8) is 0 Å². The third kappa shape index (κ3) is 3.22. The molecule has 2 rings (SSSR count). The van der Waals surface area contributed by atoms with E-state index in [1.165, 1.54) is 0 Å². The van der Waals surface area contributed by atoms with Crippen LogP contribution in [0.15, 0.2) is 0 Å². The van der Waals surface area contributed by atoms with Crippen molar-refractivity contribution in [2.45, 2.75) is 44.6 Å². The van der Waals surface area contributed by atoms with E-state index in [1.54, 1.807) is 0 Å². The Balaban J connectivity index is 1.93. The highest BCUT2D eigenvalue weighted by molar-refractivity contribution is 5.79. The zero-order valence-corrected chi connectivity index (χ0v) is 10.6. The summed E-state index contributed by atoms with van der Waals surface area (Å²) in [7, 11) is 0. The zero-order valence-electron chi connectivity index (χ0n) is 10.6. The number of ether oxygens (including phenoxy) is 1. The lowest BCUT2D eigenvalue weighted by molar-refractivity contribution is -0.142. The summed E-state index contributed by atoms with van der Waals surface area (Å²) in [5.74, 6) is -0.616. The van der Waals surface area contributed by atoms with Gasteiger partial charge in [-0.25, -0.2) is 0 Å². The molecule has 0 radical (unpaired) electrons. The minimum Gasteiger partial charge on any atom is -0.481 e. The Kier molecular flexibility index (Phi) is 4.58. The van der Waals surface area contributed by atoms with Crippen molar-refractivity contribution < 1.29 is 19.4 Å². The molecule has 2 unspecified atom stereocenters. The predicted octanol–water partition coefficient (Wildman–Crippen LogP) is 1.27. The molecular formula is C13H21NO4.